The van der Waals surface area contributed by atoms with Crippen molar-refractivity contribution in [3.05, 3.63) is 25.3 Å². The van der Waals surface area contributed by atoms with Crippen molar-refractivity contribution < 1.29 is 38.6 Å². The smallest absolute Gasteiger partial charge is 0.432 e. The summed E-state index contributed by atoms with van der Waals surface area (Å²) in [5.74, 6) is 0. The Morgan fingerprint density at radius 2 is 1.12 bits per heavy atom. The van der Waals surface area contributed by atoms with E-state index in [9.17, 15) is 9.59 Å². The van der Waals surface area contributed by atoms with Gasteiger partial charge in [-0.25, -0.2) is 9.59 Å². The summed E-state index contributed by atoms with van der Waals surface area (Å²) in [6, 6.07) is 0. The second-order valence-electron chi connectivity index (χ2n) is 5.85. The fourth-order valence-electron chi connectivity index (χ4n) is 0.914. The Hall–Kier alpha value is -2.06. The number of unbranched alkanes of at least 4 members (excludes halogenated alkanes) is 1. The van der Waals surface area contributed by atoms with Crippen molar-refractivity contribution in [3.63, 3.8) is 0 Å². The lowest BCUT2D eigenvalue weighted by molar-refractivity contribution is -0.303. The van der Waals surface area contributed by atoms with Crippen LogP contribution in [-0.2, 0) is 29.0 Å². The highest BCUT2D eigenvalue weighted by molar-refractivity contribution is 5.59. The van der Waals surface area contributed by atoms with Gasteiger partial charge in [0.05, 0.1) is 13.2 Å². The average molecular weight is 346 g/mol. The maximum Gasteiger partial charge on any atom is 0.540 e. The van der Waals surface area contributed by atoms with Gasteiger partial charge in [-0.2, -0.15) is 9.78 Å². The van der Waals surface area contributed by atoms with Gasteiger partial charge in [0.15, 0.2) is 0 Å². The van der Waals surface area contributed by atoms with Crippen LogP contribution in [0.4, 0.5) is 9.59 Å². The van der Waals surface area contributed by atoms with E-state index < -0.39 is 23.5 Å². The third kappa shape index (κ3) is 11.5. The van der Waals surface area contributed by atoms with E-state index in [-0.39, 0.29) is 13.2 Å². The third-order valence-electron chi connectivity index (χ3n) is 2.61. The molecule has 0 amide bonds. The van der Waals surface area contributed by atoms with Gasteiger partial charge in [-0.1, -0.05) is 12.2 Å². The minimum absolute atomic E-state index is 0.0924. The summed E-state index contributed by atoms with van der Waals surface area (Å²) in [4.78, 5) is 41.0. The highest BCUT2D eigenvalue weighted by atomic mass is 17.2. The van der Waals surface area contributed by atoms with Crippen LogP contribution < -0.4 is 0 Å². The predicted molar refractivity (Wildman–Crippen MR) is 84.8 cm³/mol. The first-order chi connectivity index (χ1) is 11.1. The van der Waals surface area contributed by atoms with Crippen LogP contribution >= 0.6 is 0 Å². The lowest BCUT2D eigenvalue weighted by atomic mass is 10.1. The van der Waals surface area contributed by atoms with Crippen molar-refractivity contribution in [2.24, 2.45) is 0 Å². The van der Waals surface area contributed by atoms with Gasteiger partial charge in [-0.3, -0.25) is 9.78 Å². The van der Waals surface area contributed by atoms with Gasteiger partial charge in [0.25, 0.3) is 0 Å². The Balaban J connectivity index is 3.63. The van der Waals surface area contributed by atoms with Crippen molar-refractivity contribution >= 4 is 12.3 Å². The van der Waals surface area contributed by atoms with E-state index in [0.717, 1.165) is 0 Å². The van der Waals surface area contributed by atoms with Crippen LogP contribution in [0.2, 0.25) is 0 Å². The van der Waals surface area contributed by atoms with Crippen LogP contribution in [0.1, 0.15) is 40.5 Å². The first kappa shape index (κ1) is 21.9. The normalized spacial score (nSPS) is 11.3. The van der Waals surface area contributed by atoms with Gasteiger partial charge in [0.1, 0.15) is 11.2 Å². The van der Waals surface area contributed by atoms with E-state index in [1.54, 1.807) is 27.7 Å². The van der Waals surface area contributed by atoms with Crippen molar-refractivity contribution in [1.82, 2.24) is 0 Å². The van der Waals surface area contributed by atoms with Crippen LogP contribution in [0.3, 0.4) is 0 Å². The molecule has 0 radical (unpaired) electrons. The zero-order chi connectivity index (χ0) is 18.6. The van der Waals surface area contributed by atoms with E-state index in [1.807, 2.05) is 0 Å². The molecule has 0 N–H and O–H groups in total. The van der Waals surface area contributed by atoms with Crippen LogP contribution in [0.15, 0.2) is 25.3 Å². The molecular weight excluding hydrogens is 320 g/mol. The molecule has 0 fully saturated rings. The molecule has 0 aromatic heterocycles. The topological polar surface area (TPSA) is 89.5 Å². The summed E-state index contributed by atoms with van der Waals surface area (Å²) in [6.45, 7) is 13.9. The number of hydrogen-bond acceptors (Lipinski definition) is 8. The minimum Gasteiger partial charge on any atom is -0.432 e. The fraction of sp³-hybridized carbons (Fsp3) is 0.625. The average Bonchev–Trinajstić information content (AvgIpc) is 2.54. The van der Waals surface area contributed by atoms with Gasteiger partial charge in [-0.05, 0) is 40.5 Å². The summed E-state index contributed by atoms with van der Waals surface area (Å²) in [5, 5.41) is 0. The zero-order valence-corrected chi connectivity index (χ0v) is 14.7. The van der Waals surface area contributed by atoms with Crippen LogP contribution in [0.25, 0.3) is 0 Å². The van der Waals surface area contributed by atoms with Crippen LogP contribution in [0.5, 0.6) is 0 Å². The van der Waals surface area contributed by atoms with E-state index in [1.165, 1.54) is 12.2 Å². The standard InChI is InChI=1S/C16H26O8/c1-7-15(3,4)23-21-13(17)19-11-9-10-12-20-14(18)22-24-16(5,6)8-2/h7-8H,1-2,9-12H2,3-6H3. The number of hydrogen-bond donors (Lipinski definition) is 0. The largest absolute Gasteiger partial charge is 0.540 e. The summed E-state index contributed by atoms with van der Waals surface area (Å²) < 4.78 is 9.54. The minimum atomic E-state index is -0.953. The maximum absolute atomic E-state index is 11.2. The molecule has 0 atom stereocenters. The van der Waals surface area contributed by atoms with Crippen molar-refractivity contribution in [1.29, 1.82) is 0 Å². The molecule has 8 nitrogen and oxygen atoms in total. The number of rotatable bonds is 11. The molecule has 0 aliphatic heterocycles. The fourth-order valence-corrected chi connectivity index (χ4v) is 0.914. The Morgan fingerprint density at radius 3 is 1.42 bits per heavy atom. The predicted octanol–water partition coefficient (Wildman–Crippen LogP) is 3.87. The second-order valence-corrected chi connectivity index (χ2v) is 5.85. The number of ether oxygens (including phenoxy) is 2. The molecule has 0 aliphatic carbocycles. The van der Waals surface area contributed by atoms with Crippen molar-refractivity contribution in [3.8, 4) is 0 Å². The van der Waals surface area contributed by atoms with Crippen LogP contribution in [0, 0.1) is 0 Å². The lowest BCUT2D eigenvalue weighted by Crippen LogP contribution is -2.24. The molecule has 8 heteroatoms. The maximum atomic E-state index is 11.2. The van der Waals surface area contributed by atoms with Crippen molar-refractivity contribution in [2.45, 2.75) is 51.7 Å². The van der Waals surface area contributed by atoms with Gasteiger partial charge >= 0.3 is 12.3 Å². The highest BCUT2D eigenvalue weighted by Gasteiger charge is 2.19. The van der Waals surface area contributed by atoms with E-state index >= 15 is 0 Å². The Labute approximate surface area is 142 Å². The number of carbonyl (C=O) groups is 2. The number of carbonyl (C=O) groups excluding carboxylic acids is 2. The molecule has 0 aromatic carbocycles. The summed E-state index contributed by atoms with van der Waals surface area (Å²) in [5.41, 5.74) is -1.59. The monoisotopic (exact) mass is 346 g/mol. The molecule has 0 spiro atoms. The Bertz CT molecular complexity index is 388. The lowest BCUT2D eigenvalue weighted by Gasteiger charge is -2.17. The second kappa shape index (κ2) is 10.7. The van der Waals surface area contributed by atoms with Gasteiger partial charge in [-0.15, -0.1) is 13.2 Å². The summed E-state index contributed by atoms with van der Waals surface area (Å²) in [6.07, 6.45) is 1.99. The van der Waals surface area contributed by atoms with Gasteiger partial charge in [0.2, 0.25) is 0 Å². The SMILES string of the molecule is C=CC(C)(C)OOC(=O)OCCCCOC(=O)OOC(C)(C)C=C. The molecule has 0 unspecified atom stereocenters. The zero-order valence-electron chi connectivity index (χ0n) is 14.7. The van der Waals surface area contributed by atoms with Crippen LogP contribution in [-0.4, -0.2) is 36.7 Å². The summed E-state index contributed by atoms with van der Waals surface area (Å²) >= 11 is 0. The Morgan fingerprint density at radius 1 is 0.792 bits per heavy atom. The molecule has 24 heavy (non-hydrogen) atoms. The summed E-state index contributed by atoms with van der Waals surface area (Å²) in [7, 11) is 0. The molecule has 0 aromatic rings. The molecule has 0 heterocycles. The van der Waals surface area contributed by atoms with E-state index in [2.05, 4.69) is 22.9 Å². The Kier molecular flexibility index (Phi) is 9.75. The molecule has 138 valence electrons. The molecular formula is C16H26O8. The molecule has 0 saturated carbocycles. The first-order valence-electron chi connectivity index (χ1n) is 7.44. The third-order valence-corrected chi connectivity index (χ3v) is 2.61. The quantitative estimate of drug-likeness (QED) is 0.183. The highest BCUT2D eigenvalue weighted by Crippen LogP contribution is 2.11. The van der Waals surface area contributed by atoms with Crippen molar-refractivity contribution in [2.75, 3.05) is 13.2 Å². The first-order valence-corrected chi connectivity index (χ1v) is 7.44. The molecule has 0 bridgehead atoms. The molecule has 0 aliphatic rings. The van der Waals surface area contributed by atoms with Gasteiger partial charge < -0.3 is 9.47 Å². The molecule has 0 saturated heterocycles. The van der Waals surface area contributed by atoms with Gasteiger partial charge in [0, 0.05) is 0 Å². The van der Waals surface area contributed by atoms with E-state index in [0.29, 0.717) is 12.8 Å². The van der Waals surface area contributed by atoms with E-state index in [4.69, 9.17) is 19.2 Å². The molecule has 0 rings (SSSR count).